The molecule has 3 heteroatoms. The van der Waals surface area contributed by atoms with Crippen LogP contribution in [0.1, 0.15) is 53.4 Å². The lowest BCUT2D eigenvalue weighted by molar-refractivity contribution is 0.160. The zero-order valence-electron chi connectivity index (χ0n) is 13.5. The Bertz CT molecular complexity index is 228. The predicted molar refractivity (Wildman–Crippen MR) is 84.4 cm³/mol. The molecular weight excluding hydrogens is 234 g/mol. The number of hydrogen-bond acceptors (Lipinski definition) is 3. The fourth-order valence-corrected chi connectivity index (χ4v) is 3.33. The molecule has 3 N–H and O–H groups in total. The summed E-state index contributed by atoms with van der Waals surface area (Å²) in [6.07, 6.45) is 5.19. The highest BCUT2D eigenvalue weighted by Gasteiger charge is 2.34. The second-order valence-electron chi connectivity index (χ2n) is 6.52. The molecule has 0 radical (unpaired) electrons. The van der Waals surface area contributed by atoms with Crippen LogP contribution in [0.5, 0.6) is 0 Å². The van der Waals surface area contributed by atoms with Gasteiger partial charge in [-0.05, 0) is 50.6 Å². The second kappa shape index (κ2) is 8.23. The van der Waals surface area contributed by atoms with Crippen LogP contribution in [0.25, 0.3) is 0 Å². The maximum Gasteiger partial charge on any atom is 0.0304 e. The average molecular weight is 269 g/mol. The van der Waals surface area contributed by atoms with E-state index < -0.39 is 0 Å². The van der Waals surface area contributed by atoms with Crippen LogP contribution in [-0.2, 0) is 0 Å². The zero-order valence-corrected chi connectivity index (χ0v) is 13.5. The fourth-order valence-electron chi connectivity index (χ4n) is 3.33. The summed E-state index contributed by atoms with van der Waals surface area (Å²) in [6, 6.07) is 0. The zero-order chi connectivity index (χ0) is 14.3. The van der Waals surface area contributed by atoms with Crippen LogP contribution in [-0.4, -0.2) is 43.2 Å². The standard InChI is InChI=1S/C16H35N3/c1-5-19(6-2)12-11-18-16(13-17)9-7-15(8-10-16)14(3)4/h14-15,18H,5-13,17H2,1-4H3. The fraction of sp³-hybridized carbons (Fsp3) is 1.00. The molecule has 0 unspecified atom stereocenters. The summed E-state index contributed by atoms with van der Waals surface area (Å²) in [7, 11) is 0. The van der Waals surface area contributed by atoms with Crippen molar-refractivity contribution in [3.8, 4) is 0 Å². The van der Waals surface area contributed by atoms with E-state index in [1.165, 1.54) is 25.7 Å². The summed E-state index contributed by atoms with van der Waals surface area (Å²) >= 11 is 0. The van der Waals surface area contributed by atoms with E-state index in [9.17, 15) is 0 Å². The van der Waals surface area contributed by atoms with Gasteiger partial charge in [0.2, 0.25) is 0 Å². The summed E-state index contributed by atoms with van der Waals surface area (Å²) in [6.45, 7) is 14.5. The van der Waals surface area contributed by atoms with Gasteiger partial charge in [-0.3, -0.25) is 0 Å². The van der Waals surface area contributed by atoms with Crippen molar-refractivity contribution in [2.75, 3.05) is 32.7 Å². The van der Waals surface area contributed by atoms with Gasteiger partial charge in [-0.1, -0.05) is 27.7 Å². The lowest BCUT2D eigenvalue weighted by atomic mass is 9.73. The van der Waals surface area contributed by atoms with Crippen molar-refractivity contribution < 1.29 is 0 Å². The van der Waals surface area contributed by atoms with Crippen LogP contribution < -0.4 is 11.1 Å². The molecule has 0 aromatic heterocycles. The van der Waals surface area contributed by atoms with Gasteiger partial charge < -0.3 is 16.0 Å². The van der Waals surface area contributed by atoms with Crippen LogP contribution in [0.4, 0.5) is 0 Å². The quantitative estimate of drug-likeness (QED) is 0.711. The van der Waals surface area contributed by atoms with Gasteiger partial charge in [-0.2, -0.15) is 0 Å². The van der Waals surface area contributed by atoms with Crippen molar-refractivity contribution in [1.82, 2.24) is 10.2 Å². The van der Waals surface area contributed by atoms with Gasteiger partial charge in [0.05, 0.1) is 0 Å². The van der Waals surface area contributed by atoms with Gasteiger partial charge in [0, 0.05) is 25.2 Å². The molecule has 0 bridgehead atoms. The highest BCUT2D eigenvalue weighted by molar-refractivity contribution is 4.94. The van der Waals surface area contributed by atoms with Crippen molar-refractivity contribution in [2.45, 2.75) is 58.9 Å². The molecule has 0 aliphatic heterocycles. The number of nitrogens with two attached hydrogens (primary N) is 1. The normalized spacial score (nSPS) is 28.3. The lowest BCUT2D eigenvalue weighted by Crippen LogP contribution is -2.55. The van der Waals surface area contributed by atoms with E-state index in [2.05, 4.69) is 37.9 Å². The Balaban J connectivity index is 2.37. The molecule has 1 rings (SSSR count). The molecule has 0 heterocycles. The number of nitrogens with zero attached hydrogens (tertiary/aromatic N) is 1. The van der Waals surface area contributed by atoms with Crippen LogP contribution in [0, 0.1) is 11.8 Å². The molecule has 0 aromatic carbocycles. The largest absolute Gasteiger partial charge is 0.329 e. The van der Waals surface area contributed by atoms with Crippen molar-refractivity contribution in [2.24, 2.45) is 17.6 Å². The van der Waals surface area contributed by atoms with Crippen LogP contribution in [0.3, 0.4) is 0 Å². The van der Waals surface area contributed by atoms with Gasteiger partial charge in [0.1, 0.15) is 0 Å². The molecule has 1 aliphatic rings. The van der Waals surface area contributed by atoms with Crippen molar-refractivity contribution >= 4 is 0 Å². The van der Waals surface area contributed by atoms with Gasteiger partial charge in [0.25, 0.3) is 0 Å². The minimum Gasteiger partial charge on any atom is -0.329 e. The highest BCUT2D eigenvalue weighted by atomic mass is 15.1. The first-order valence-electron chi connectivity index (χ1n) is 8.24. The molecule has 0 amide bonds. The lowest BCUT2D eigenvalue weighted by Gasteiger charge is -2.42. The van der Waals surface area contributed by atoms with E-state index in [4.69, 9.17) is 5.73 Å². The third-order valence-electron chi connectivity index (χ3n) is 5.14. The van der Waals surface area contributed by atoms with Gasteiger partial charge in [0.15, 0.2) is 0 Å². The Morgan fingerprint density at radius 2 is 1.79 bits per heavy atom. The predicted octanol–water partition coefficient (Wildman–Crippen LogP) is 2.46. The maximum atomic E-state index is 6.07. The number of nitrogens with one attached hydrogen (secondary N) is 1. The van der Waals surface area contributed by atoms with Gasteiger partial charge >= 0.3 is 0 Å². The Morgan fingerprint density at radius 1 is 1.21 bits per heavy atom. The summed E-state index contributed by atoms with van der Waals surface area (Å²) in [4.78, 5) is 2.47. The van der Waals surface area contributed by atoms with Gasteiger partial charge in [-0.25, -0.2) is 0 Å². The van der Waals surface area contributed by atoms with Crippen LogP contribution in [0.2, 0.25) is 0 Å². The molecule has 3 nitrogen and oxygen atoms in total. The molecule has 1 aliphatic carbocycles. The molecule has 0 aromatic rings. The van der Waals surface area contributed by atoms with E-state index in [-0.39, 0.29) is 5.54 Å². The number of hydrogen-bond donors (Lipinski definition) is 2. The number of likely N-dealkylation sites (N-methyl/N-ethyl adjacent to an activating group) is 1. The Labute approximate surface area is 120 Å². The summed E-state index contributed by atoms with van der Waals surface area (Å²) < 4.78 is 0. The van der Waals surface area contributed by atoms with E-state index >= 15 is 0 Å². The molecule has 1 fully saturated rings. The van der Waals surface area contributed by atoms with E-state index in [0.29, 0.717) is 0 Å². The molecule has 19 heavy (non-hydrogen) atoms. The van der Waals surface area contributed by atoms with Crippen LogP contribution in [0.15, 0.2) is 0 Å². The molecule has 1 saturated carbocycles. The van der Waals surface area contributed by atoms with Gasteiger partial charge in [-0.15, -0.1) is 0 Å². The third-order valence-corrected chi connectivity index (χ3v) is 5.14. The van der Waals surface area contributed by atoms with Crippen molar-refractivity contribution in [1.29, 1.82) is 0 Å². The Morgan fingerprint density at radius 3 is 2.21 bits per heavy atom. The Kier molecular flexibility index (Phi) is 7.33. The molecule has 0 atom stereocenters. The highest BCUT2D eigenvalue weighted by Crippen LogP contribution is 2.35. The molecule has 0 spiro atoms. The molecular formula is C16H35N3. The second-order valence-corrected chi connectivity index (χ2v) is 6.52. The van der Waals surface area contributed by atoms with Crippen LogP contribution >= 0.6 is 0 Å². The van der Waals surface area contributed by atoms with Crippen molar-refractivity contribution in [3.63, 3.8) is 0 Å². The van der Waals surface area contributed by atoms with E-state index in [1.807, 2.05) is 0 Å². The molecule has 0 saturated heterocycles. The summed E-state index contributed by atoms with van der Waals surface area (Å²) in [5.41, 5.74) is 6.29. The number of rotatable bonds is 8. The Hall–Kier alpha value is -0.120. The molecule has 114 valence electrons. The average Bonchev–Trinajstić information content (AvgIpc) is 2.44. The van der Waals surface area contributed by atoms with E-state index in [1.54, 1.807) is 0 Å². The SMILES string of the molecule is CCN(CC)CCNC1(CN)CCC(C(C)C)CC1. The topological polar surface area (TPSA) is 41.3 Å². The summed E-state index contributed by atoms with van der Waals surface area (Å²) in [5, 5.41) is 3.78. The smallest absolute Gasteiger partial charge is 0.0304 e. The minimum absolute atomic E-state index is 0.221. The van der Waals surface area contributed by atoms with Crippen molar-refractivity contribution in [3.05, 3.63) is 0 Å². The van der Waals surface area contributed by atoms with E-state index in [0.717, 1.165) is 44.6 Å². The first-order chi connectivity index (χ1) is 9.06. The third kappa shape index (κ3) is 5.05. The minimum atomic E-state index is 0.221. The maximum absolute atomic E-state index is 6.07. The summed E-state index contributed by atoms with van der Waals surface area (Å²) in [5.74, 6) is 1.73. The first kappa shape index (κ1) is 16.9. The monoisotopic (exact) mass is 269 g/mol. The first-order valence-corrected chi connectivity index (χ1v) is 8.24.